The molecular weight excluding hydrogens is 386 g/mol. The van der Waals surface area contributed by atoms with Crippen molar-refractivity contribution in [2.75, 3.05) is 5.32 Å². The molecule has 0 heterocycles. The molecule has 0 aliphatic rings. The number of carbonyl (C=O) groups is 1. The normalized spacial score (nSPS) is 11.4. The van der Waals surface area contributed by atoms with Gasteiger partial charge in [0.2, 0.25) is 0 Å². The summed E-state index contributed by atoms with van der Waals surface area (Å²) in [5.41, 5.74) is 3.82. The summed E-state index contributed by atoms with van der Waals surface area (Å²) >= 11 is 0. The van der Waals surface area contributed by atoms with E-state index in [9.17, 15) is 13.2 Å². The first-order valence-electron chi connectivity index (χ1n) is 8.93. The number of aryl methyl sites for hydroxylation is 2. The summed E-state index contributed by atoms with van der Waals surface area (Å²) in [5, 5.41) is 6.64. The Bertz CT molecular complexity index is 1140. The molecule has 0 saturated heterocycles. The Morgan fingerprint density at radius 2 is 1.52 bits per heavy atom. The number of hydrogen-bond donors (Lipinski definition) is 2. The molecule has 6 nitrogen and oxygen atoms in total. The minimum atomic E-state index is -3.73. The van der Waals surface area contributed by atoms with Gasteiger partial charge >= 0.3 is 0 Å². The van der Waals surface area contributed by atoms with Crippen LogP contribution in [0.25, 0.3) is 0 Å². The maximum atomic E-state index is 12.3. The van der Waals surface area contributed by atoms with Gasteiger partial charge in [0.15, 0.2) is 0 Å². The van der Waals surface area contributed by atoms with Crippen molar-refractivity contribution in [2.45, 2.75) is 18.7 Å². The number of benzene rings is 3. The molecule has 0 aliphatic heterocycles. The highest BCUT2D eigenvalue weighted by atomic mass is 32.2. The predicted octanol–water partition coefficient (Wildman–Crippen LogP) is 3.87. The highest BCUT2D eigenvalue weighted by Gasteiger charge is 2.11. The van der Waals surface area contributed by atoms with Gasteiger partial charge in [-0.1, -0.05) is 47.5 Å². The third-order valence-electron chi connectivity index (χ3n) is 4.18. The number of hydrazone groups is 1. The molecule has 0 bridgehead atoms. The summed E-state index contributed by atoms with van der Waals surface area (Å²) in [5.74, 6) is -0.223. The van der Waals surface area contributed by atoms with E-state index in [4.69, 9.17) is 0 Å². The molecule has 0 fully saturated rings. The topological polar surface area (TPSA) is 87.6 Å². The number of sulfonamides is 1. The minimum Gasteiger partial charge on any atom is -0.322 e. The third kappa shape index (κ3) is 5.52. The molecule has 0 spiro atoms. The number of carbonyl (C=O) groups excluding carboxylic acids is 1. The summed E-state index contributed by atoms with van der Waals surface area (Å²) in [6.45, 7) is 3.84. The van der Waals surface area contributed by atoms with Gasteiger partial charge in [0.05, 0.1) is 11.1 Å². The smallest absolute Gasteiger partial charge is 0.276 e. The summed E-state index contributed by atoms with van der Waals surface area (Å²) in [6, 6.07) is 20.7. The maximum Gasteiger partial charge on any atom is 0.276 e. The van der Waals surface area contributed by atoms with Crippen LogP contribution < -0.4 is 10.1 Å². The van der Waals surface area contributed by atoms with Crippen molar-refractivity contribution in [1.82, 2.24) is 4.83 Å². The Hall–Kier alpha value is -3.45. The van der Waals surface area contributed by atoms with Crippen LogP contribution in [0.3, 0.4) is 0 Å². The number of anilines is 1. The quantitative estimate of drug-likeness (QED) is 0.480. The molecule has 0 saturated carbocycles. The van der Waals surface area contributed by atoms with E-state index >= 15 is 0 Å². The van der Waals surface area contributed by atoms with Crippen LogP contribution in [-0.2, 0) is 10.0 Å². The molecule has 29 heavy (non-hydrogen) atoms. The predicted molar refractivity (Wildman–Crippen MR) is 115 cm³/mol. The second kappa shape index (κ2) is 8.70. The lowest BCUT2D eigenvalue weighted by atomic mass is 10.1. The lowest BCUT2D eigenvalue weighted by Gasteiger charge is -2.06. The maximum absolute atomic E-state index is 12.3. The molecule has 0 aromatic heterocycles. The molecule has 0 radical (unpaired) electrons. The van der Waals surface area contributed by atoms with E-state index in [1.54, 1.807) is 48.5 Å². The summed E-state index contributed by atoms with van der Waals surface area (Å²) in [7, 11) is -3.73. The first-order valence-corrected chi connectivity index (χ1v) is 10.4. The average molecular weight is 407 g/mol. The van der Waals surface area contributed by atoms with Gasteiger partial charge in [0.25, 0.3) is 15.9 Å². The van der Waals surface area contributed by atoms with Crippen LogP contribution in [0.2, 0.25) is 0 Å². The van der Waals surface area contributed by atoms with Gasteiger partial charge in [0.1, 0.15) is 0 Å². The van der Waals surface area contributed by atoms with Gasteiger partial charge in [-0.15, -0.1) is 0 Å². The lowest BCUT2D eigenvalue weighted by molar-refractivity contribution is 0.102. The zero-order valence-electron chi connectivity index (χ0n) is 16.1. The van der Waals surface area contributed by atoms with Crippen molar-refractivity contribution in [3.63, 3.8) is 0 Å². The van der Waals surface area contributed by atoms with Crippen molar-refractivity contribution in [3.05, 3.63) is 95.1 Å². The van der Waals surface area contributed by atoms with Gasteiger partial charge in [-0.2, -0.15) is 13.5 Å². The molecule has 0 atom stereocenters. The fraction of sp³-hybridized carbons (Fsp3) is 0.0909. The van der Waals surface area contributed by atoms with Crippen molar-refractivity contribution in [1.29, 1.82) is 0 Å². The van der Waals surface area contributed by atoms with Gasteiger partial charge in [-0.3, -0.25) is 4.79 Å². The molecule has 0 aliphatic carbocycles. The lowest BCUT2D eigenvalue weighted by Crippen LogP contribution is -2.18. The molecule has 3 rings (SSSR count). The Balaban J connectivity index is 1.67. The Kier molecular flexibility index (Phi) is 6.09. The molecule has 148 valence electrons. The van der Waals surface area contributed by atoms with Crippen LogP contribution in [0.4, 0.5) is 5.69 Å². The van der Waals surface area contributed by atoms with E-state index < -0.39 is 10.0 Å². The molecule has 1 amide bonds. The number of nitrogens with zero attached hydrogens (tertiary/aromatic N) is 1. The van der Waals surface area contributed by atoms with E-state index in [-0.39, 0.29) is 10.8 Å². The largest absolute Gasteiger partial charge is 0.322 e. The third-order valence-corrected chi connectivity index (χ3v) is 5.41. The Morgan fingerprint density at radius 1 is 0.897 bits per heavy atom. The number of rotatable bonds is 6. The first-order chi connectivity index (χ1) is 13.8. The molecule has 3 aromatic rings. The standard InChI is InChI=1S/C22H21N3O3S/c1-16-6-10-19(11-7-16)22(26)24-20-5-3-4-18(14-20)15-23-25-29(27,28)21-12-8-17(2)9-13-21/h3-15,25H,1-2H3,(H,24,26)/b23-15+. The summed E-state index contributed by atoms with van der Waals surface area (Å²) in [4.78, 5) is 14.7. The fourth-order valence-corrected chi connectivity index (χ4v) is 3.34. The van der Waals surface area contributed by atoms with Gasteiger partial charge in [-0.05, 0) is 55.8 Å². The zero-order chi connectivity index (χ0) is 20.9. The number of amides is 1. The van der Waals surface area contributed by atoms with Crippen LogP contribution in [0.1, 0.15) is 27.0 Å². The Morgan fingerprint density at radius 3 is 2.17 bits per heavy atom. The molecular formula is C22H21N3O3S. The van der Waals surface area contributed by atoms with E-state index in [0.717, 1.165) is 11.1 Å². The van der Waals surface area contributed by atoms with Crippen LogP contribution >= 0.6 is 0 Å². The van der Waals surface area contributed by atoms with Gasteiger partial charge in [0, 0.05) is 11.3 Å². The first kappa shape index (κ1) is 20.3. The van der Waals surface area contributed by atoms with E-state index in [1.807, 2.05) is 26.0 Å². The van der Waals surface area contributed by atoms with E-state index in [2.05, 4.69) is 15.2 Å². The summed E-state index contributed by atoms with van der Waals surface area (Å²) in [6.07, 6.45) is 1.38. The van der Waals surface area contributed by atoms with E-state index in [0.29, 0.717) is 16.8 Å². The van der Waals surface area contributed by atoms with Crippen molar-refractivity contribution >= 4 is 27.8 Å². The summed E-state index contributed by atoms with van der Waals surface area (Å²) < 4.78 is 24.5. The van der Waals surface area contributed by atoms with Crippen molar-refractivity contribution < 1.29 is 13.2 Å². The van der Waals surface area contributed by atoms with Crippen LogP contribution in [-0.4, -0.2) is 20.5 Å². The van der Waals surface area contributed by atoms with Crippen LogP contribution in [0, 0.1) is 13.8 Å². The highest BCUT2D eigenvalue weighted by Crippen LogP contribution is 2.13. The van der Waals surface area contributed by atoms with Gasteiger partial charge < -0.3 is 5.32 Å². The molecule has 3 aromatic carbocycles. The van der Waals surface area contributed by atoms with Crippen molar-refractivity contribution in [2.24, 2.45) is 5.10 Å². The molecule has 7 heteroatoms. The minimum absolute atomic E-state index is 0.138. The molecule has 0 unspecified atom stereocenters. The number of nitrogens with one attached hydrogen (secondary N) is 2. The van der Waals surface area contributed by atoms with E-state index in [1.165, 1.54) is 18.3 Å². The fourth-order valence-electron chi connectivity index (χ4n) is 2.55. The monoisotopic (exact) mass is 407 g/mol. The van der Waals surface area contributed by atoms with Crippen LogP contribution in [0.15, 0.2) is 82.8 Å². The SMILES string of the molecule is Cc1ccc(C(=O)Nc2cccc(/C=N/NS(=O)(=O)c3ccc(C)cc3)c2)cc1. The second-order valence-corrected chi connectivity index (χ2v) is 8.27. The molecule has 2 N–H and O–H groups in total. The van der Waals surface area contributed by atoms with Crippen molar-refractivity contribution in [3.8, 4) is 0 Å². The van der Waals surface area contributed by atoms with Gasteiger partial charge in [-0.25, -0.2) is 4.83 Å². The number of hydrogen-bond acceptors (Lipinski definition) is 4. The van der Waals surface area contributed by atoms with Crippen LogP contribution in [0.5, 0.6) is 0 Å². The second-order valence-electron chi connectivity index (χ2n) is 6.61. The Labute approximate surface area is 170 Å². The average Bonchev–Trinajstić information content (AvgIpc) is 2.69. The highest BCUT2D eigenvalue weighted by molar-refractivity contribution is 7.89. The zero-order valence-corrected chi connectivity index (χ0v) is 16.9.